The predicted octanol–water partition coefficient (Wildman–Crippen LogP) is 3.21. The van der Waals surface area contributed by atoms with Crippen LogP contribution in [-0.4, -0.2) is 5.97 Å². The number of allylic oxidation sites excluding steroid dienone is 2. The van der Waals surface area contributed by atoms with Gasteiger partial charge in [0.2, 0.25) is 0 Å². The van der Waals surface area contributed by atoms with Crippen molar-refractivity contribution in [3.63, 3.8) is 0 Å². The first-order chi connectivity index (χ1) is 7.77. The van der Waals surface area contributed by atoms with Crippen LogP contribution in [0.25, 0.3) is 0 Å². The molecule has 16 heavy (non-hydrogen) atoms. The van der Waals surface area contributed by atoms with E-state index in [9.17, 15) is 9.90 Å². The molecule has 0 aliphatic heterocycles. The fourth-order valence-electron chi connectivity index (χ4n) is 1.66. The Morgan fingerprint density at radius 1 is 0.938 bits per heavy atom. The highest BCUT2D eigenvalue weighted by Gasteiger charge is 1.89. The van der Waals surface area contributed by atoms with Crippen molar-refractivity contribution >= 4 is 5.97 Å². The number of carboxylic acid groups (broad SMARTS) is 1. The fraction of sp³-hybridized carbons (Fsp3) is 0.786. The number of carbonyl (C=O) groups is 1. The van der Waals surface area contributed by atoms with E-state index in [1.807, 2.05) is 6.08 Å². The second-order valence-electron chi connectivity index (χ2n) is 4.29. The highest BCUT2D eigenvalue weighted by Crippen LogP contribution is 2.08. The van der Waals surface area contributed by atoms with Crippen LogP contribution < -0.4 is 5.11 Å². The highest BCUT2D eigenvalue weighted by atomic mass is 16.4. The molecule has 0 amide bonds. The van der Waals surface area contributed by atoms with Gasteiger partial charge in [-0.25, -0.2) is 0 Å². The molecule has 0 heterocycles. The third-order valence-electron chi connectivity index (χ3n) is 2.66. The minimum absolute atomic E-state index is 0.146. The Labute approximate surface area is 99.7 Å². The lowest BCUT2D eigenvalue weighted by Crippen LogP contribution is -2.21. The summed E-state index contributed by atoms with van der Waals surface area (Å²) >= 11 is 0. The van der Waals surface area contributed by atoms with Crippen LogP contribution in [0.5, 0.6) is 0 Å². The summed E-state index contributed by atoms with van der Waals surface area (Å²) in [5.74, 6) is -0.958. The Hall–Kier alpha value is -0.790. The molecular formula is C14H25O2-. The summed E-state index contributed by atoms with van der Waals surface area (Å²) in [5.41, 5.74) is 0. The molecule has 94 valence electrons. The van der Waals surface area contributed by atoms with Crippen molar-refractivity contribution in [2.24, 2.45) is 0 Å². The quantitative estimate of drug-likeness (QED) is 0.400. The summed E-state index contributed by atoms with van der Waals surface area (Å²) in [6.07, 6.45) is 15.2. The van der Waals surface area contributed by atoms with Crippen LogP contribution in [0.1, 0.15) is 71.1 Å². The average Bonchev–Trinajstić information content (AvgIpc) is 2.25. The summed E-state index contributed by atoms with van der Waals surface area (Å²) < 4.78 is 0. The second-order valence-corrected chi connectivity index (χ2v) is 4.29. The zero-order valence-electron chi connectivity index (χ0n) is 10.5. The van der Waals surface area contributed by atoms with E-state index in [-0.39, 0.29) is 6.42 Å². The number of carbonyl (C=O) groups excluding carboxylic acids is 1. The molecule has 0 aromatic rings. The van der Waals surface area contributed by atoms with E-state index in [0.717, 1.165) is 6.42 Å². The van der Waals surface area contributed by atoms with Gasteiger partial charge in [-0.15, -0.1) is 0 Å². The van der Waals surface area contributed by atoms with E-state index in [0.29, 0.717) is 6.42 Å². The number of hydrogen-bond donors (Lipinski definition) is 0. The SMILES string of the molecule is CCCCCCCCCC=CCCC(=O)[O-]. The molecule has 0 rings (SSSR count). The van der Waals surface area contributed by atoms with E-state index < -0.39 is 5.97 Å². The molecule has 0 aliphatic rings. The number of unbranched alkanes of at least 4 members (excludes halogenated alkanes) is 7. The van der Waals surface area contributed by atoms with Crippen LogP contribution in [0.15, 0.2) is 12.2 Å². The maximum atomic E-state index is 10.1. The second kappa shape index (κ2) is 12.3. The van der Waals surface area contributed by atoms with Gasteiger partial charge in [0, 0.05) is 5.97 Å². The molecule has 0 aromatic carbocycles. The smallest absolute Gasteiger partial charge is 0.0417 e. The summed E-state index contributed by atoms with van der Waals surface area (Å²) in [6.45, 7) is 2.23. The first kappa shape index (κ1) is 15.2. The van der Waals surface area contributed by atoms with Crippen molar-refractivity contribution in [2.75, 3.05) is 0 Å². The first-order valence-corrected chi connectivity index (χ1v) is 6.62. The molecule has 0 saturated carbocycles. The Morgan fingerprint density at radius 3 is 2.12 bits per heavy atom. The molecule has 0 fully saturated rings. The summed E-state index contributed by atoms with van der Waals surface area (Å²) in [7, 11) is 0. The van der Waals surface area contributed by atoms with Gasteiger partial charge >= 0.3 is 0 Å². The molecule has 0 unspecified atom stereocenters. The van der Waals surface area contributed by atoms with Crippen LogP contribution in [0.2, 0.25) is 0 Å². The predicted molar refractivity (Wildman–Crippen MR) is 66.0 cm³/mol. The Morgan fingerprint density at radius 2 is 1.50 bits per heavy atom. The molecule has 0 radical (unpaired) electrons. The van der Waals surface area contributed by atoms with Crippen molar-refractivity contribution < 1.29 is 9.90 Å². The van der Waals surface area contributed by atoms with Crippen LogP contribution in [0.3, 0.4) is 0 Å². The van der Waals surface area contributed by atoms with Crippen LogP contribution in [-0.2, 0) is 4.79 Å². The van der Waals surface area contributed by atoms with Gasteiger partial charge in [0.1, 0.15) is 0 Å². The highest BCUT2D eigenvalue weighted by molar-refractivity contribution is 5.64. The molecule has 0 aromatic heterocycles. The number of rotatable bonds is 11. The third-order valence-corrected chi connectivity index (χ3v) is 2.66. The van der Waals surface area contributed by atoms with E-state index >= 15 is 0 Å². The van der Waals surface area contributed by atoms with Gasteiger partial charge in [0.05, 0.1) is 0 Å². The topological polar surface area (TPSA) is 40.1 Å². The Bertz CT molecular complexity index is 185. The minimum Gasteiger partial charge on any atom is -0.550 e. The van der Waals surface area contributed by atoms with Crippen molar-refractivity contribution in [1.82, 2.24) is 0 Å². The molecule has 2 heteroatoms. The van der Waals surface area contributed by atoms with Crippen molar-refractivity contribution in [1.29, 1.82) is 0 Å². The lowest BCUT2D eigenvalue weighted by molar-refractivity contribution is -0.305. The fourth-order valence-corrected chi connectivity index (χ4v) is 1.66. The van der Waals surface area contributed by atoms with E-state index in [1.54, 1.807) is 0 Å². The molecule has 0 atom stereocenters. The standard InChI is InChI=1S/C14H26O2/c1-2-3-4-5-6-7-8-9-10-11-12-13-14(15)16/h10-11H,2-9,12-13H2,1H3,(H,15,16)/p-1. The normalized spacial score (nSPS) is 11.1. The average molecular weight is 225 g/mol. The van der Waals surface area contributed by atoms with Gasteiger partial charge in [-0.3, -0.25) is 0 Å². The maximum absolute atomic E-state index is 10.1. The van der Waals surface area contributed by atoms with E-state index in [1.165, 1.54) is 44.9 Å². The van der Waals surface area contributed by atoms with E-state index in [4.69, 9.17) is 0 Å². The van der Waals surface area contributed by atoms with Gasteiger partial charge in [-0.05, 0) is 25.7 Å². The third kappa shape index (κ3) is 13.2. The lowest BCUT2D eigenvalue weighted by atomic mass is 10.1. The molecule has 0 saturated heterocycles. The first-order valence-electron chi connectivity index (χ1n) is 6.62. The maximum Gasteiger partial charge on any atom is 0.0417 e. The zero-order valence-corrected chi connectivity index (χ0v) is 10.5. The van der Waals surface area contributed by atoms with Crippen molar-refractivity contribution in [2.45, 2.75) is 71.1 Å². The van der Waals surface area contributed by atoms with Gasteiger partial charge in [-0.2, -0.15) is 0 Å². The zero-order chi connectivity index (χ0) is 12.1. The Kier molecular flexibility index (Phi) is 11.7. The summed E-state index contributed by atoms with van der Waals surface area (Å²) in [4.78, 5) is 10.1. The molecule has 0 N–H and O–H groups in total. The number of aliphatic carboxylic acids is 1. The lowest BCUT2D eigenvalue weighted by Gasteiger charge is -1.99. The Balaban J connectivity index is 3.05. The summed E-state index contributed by atoms with van der Waals surface area (Å²) in [5, 5.41) is 10.1. The molecule has 0 aliphatic carbocycles. The molecule has 2 nitrogen and oxygen atoms in total. The van der Waals surface area contributed by atoms with Gasteiger partial charge < -0.3 is 9.90 Å². The van der Waals surface area contributed by atoms with Gasteiger partial charge in [0.25, 0.3) is 0 Å². The van der Waals surface area contributed by atoms with Crippen LogP contribution in [0, 0.1) is 0 Å². The van der Waals surface area contributed by atoms with E-state index in [2.05, 4.69) is 13.0 Å². The minimum atomic E-state index is -0.958. The van der Waals surface area contributed by atoms with Crippen molar-refractivity contribution in [3.05, 3.63) is 12.2 Å². The van der Waals surface area contributed by atoms with Crippen LogP contribution in [0.4, 0.5) is 0 Å². The van der Waals surface area contributed by atoms with Gasteiger partial charge in [-0.1, -0.05) is 57.6 Å². The summed E-state index contributed by atoms with van der Waals surface area (Å²) in [6, 6.07) is 0. The van der Waals surface area contributed by atoms with Crippen molar-refractivity contribution in [3.8, 4) is 0 Å². The number of hydrogen-bond acceptors (Lipinski definition) is 2. The van der Waals surface area contributed by atoms with Gasteiger partial charge in [0.15, 0.2) is 0 Å². The largest absolute Gasteiger partial charge is 0.550 e. The molecule has 0 spiro atoms. The molecular weight excluding hydrogens is 200 g/mol. The molecule has 0 bridgehead atoms. The number of carboxylic acids is 1. The van der Waals surface area contributed by atoms with Crippen LogP contribution >= 0.6 is 0 Å². The monoisotopic (exact) mass is 225 g/mol.